The van der Waals surface area contributed by atoms with E-state index < -0.39 is 35.3 Å². The number of amides is 3. The molecule has 2 atom stereocenters. The normalized spacial score (nSPS) is 22.9. The summed E-state index contributed by atoms with van der Waals surface area (Å²) in [6.45, 7) is -0.323. The van der Waals surface area contributed by atoms with E-state index >= 15 is 0 Å². The van der Waals surface area contributed by atoms with Crippen LogP contribution in [0.5, 0.6) is 0 Å². The Morgan fingerprint density at radius 1 is 1.32 bits per heavy atom. The second-order valence-corrected chi connectivity index (χ2v) is 10.3. The monoisotopic (exact) mass is 507 g/mol. The fourth-order valence-corrected chi connectivity index (χ4v) is 6.32. The highest BCUT2D eigenvalue weighted by atomic mass is 32.2. The van der Waals surface area contributed by atoms with Crippen molar-refractivity contribution in [1.29, 1.82) is 0 Å². The Morgan fingerprint density at radius 2 is 2.06 bits per heavy atom. The number of nitrogens with two attached hydrogens (primary N) is 2. The number of allylic oxidation sites excluding steroid dienone is 1. The van der Waals surface area contributed by atoms with Crippen molar-refractivity contribution in [2.45, 2.75) is 43.5 Å². The van der Waals surface area contributed by atoms with Crippen molar-refractivity contribution < 1.29 is 29.0 Å². The number of hydrogen-bond acceptors (Lipinski definition) is 9. The van der Waals surface area contributed by atoms with Gasteiger partial charge in [0, 0.05) is 16.7 Å². The number of primary amides is 1. The van der Waals surface area contributed by atoms with Gasteiger partial charge in [-0.15, -0.1) is 23.1 Å². The van der Waals surface area contributed by atoms with Gasteiger partial charge in [0.1, 0.15) is 23.7 Å². The smallest absolute Gasteiger partial charge is 0.404 e. The molecule has 0 unspecified atom stereocenters. The van der Waals surface area contributed by atoms with Crippen LogP contribution in [0.4, 0.5) is 9.93 Å². The van der Waals surface area contributed by atoms with Crippen molar-refractivity contribution >= 4 is 57.7 Å². The summed E-state index contributed by atoms with van der Waals surface area (Å²) in [5.41, 5.74) is 11.6. The van der Waals surface area contributed by atoms with Gasteiger partial charge >= 0.3 is 12.1 Å². The molecule has 0 bridgehead atoms. The van der Waals surface area contributed by atoms with Crippen LogP contribution < -0.4 is 16.8 Å². The predicted molar refractivity (Wildman–Crippen MR) is 126 cm³/mol. The predicted octanol–water partition coefficient (Wildman–Crippen LogP) is 1.52. The molecule has 1 saturated heterocycles. The number of carboxylic acids is 1. The molecule has 4 rings (SSSR count). The number of nitrogens with one attached hydrogen (secondary N) is 1. The van der Waals surface area contributed by atoms with Crippen LogP contribution in [0.25, 0.3) is 5.57 Å². The fourth-order valence-electron chi connectivity index (χ4n) is 4.43. The quantitative estimate of drug-likeness (QED) is 0.300. The van der Waals surface area contributed by atoms with Gasteiger partial charge in [-0.1, -0.05) is 31.8 Å². The highest BCUT2D eigenvalue weighted by Crippen LogP contribution is 2.40. The van der Waals surface area contributed by atoms with E-state index in [0.29, 0.717) is 22.3 Å². The Bertz CT molecular complexity index is 1080. The molecule has 1 aromatic rings. The molecule has 1 saturated carbocycles. The van der Waals surface area contributed by atoms with Gasteiger partial charge in [0.25, 0.3) is 11.8 Å². The highest BCUT2D eigenvalue weighted by Gasteiger charge is 2.54. The average Bonchev–Trinajstić information content (AvgIpc) is 3.47. The third kappa shape index (κ3) is 4.89. The maximum Gasteiger partial charge on any atom is 0.404 e. The van der Waals surface area contributed by atoms with Crippen molar-refractivity contribution in [2.75, 3.05) is 18.1 Å². The number of ether oxygens (including phenoxy) is 1. The summed E-state index contributed by atoms with van der Waals surface area (Å²) in [5.74, 6) is -1.60. The number of carboxylic acid groups (broad SMARTS) is 1. The standard InChI is InChI=1S/C21H25N5O6S2/c22-20-24-13(9-34-20)12(6-5-10-3-1-2-4-10)16(27)25-14-17(28)26-15(19(29)30)11(7-32-21(23)31)8-33-18(14)26/h6,9-10,14,18H,1-5,7-8H2,(H2,22,24)(H2,23,31)(H,25,27)(H,29,30)/b12-6-/t14-,18-/m1/s1. The third-order valence-electron chi connectivity index (χ3n) is 6.10. The summed E-state index contributed by atoms with van der Waals surface area (Å²) in [4.78, 5) is 54.2. The number of nitrogen functional groups attached to an aromatic ring is 1. The lowest BCUT2D eigenvalue weighted by atomic mass is 9.99. The summed E-state index contributed by atoms with van der Waals surface area (Å²) >= 11 is 2.50. The number of carbonyl (C=O) groups excluding carboxylic acids is 3. The molecule has 11 nitrogen and oxygen atoms in total. The van der Waals surface area contributed by atoms with Crippen molar-refractivity contribution in [2.24, 2.45) is 11.7 Å². The zero-order chi connectivity index (χ0) is 24.4. The molecular weight excluding hydrogens is 482 g/mol. The molecule has 0 spiro atoms. The largest absolute Gasteiger partial charge is 0.477 e. The lowest BCUT2D eigenvalue weighted by Crippen LogP contribution is -2.70. The molecule has 34 heavy (non-hydrogen) atoms. The van der Waals surface area contributed by atoms with E-state index in [1.54, 1.807) is 5.38 Å². The van der Waals surface area contributed by atoms with Gasteiger partial charge in [-0.05, 0) is 12.3 Å². The van der Waals surface area contributed by atoms with E-state index in [-0.39, 0.29) is 23.6 Å². The first-order valence-corrected chi connectivity index (χ1v) is 12.7. The first-order chi connectivity index (χ1) is 16.3. The van der Waals surface area contributed by atoms with Crippen LogP contribution in [0.2, 0.25) is 0 Å². The van der Waals surface area contributed by atoms with Crippen LogP contribution in [0, 0.1) is 5.92 Å². The van der Waals surface area contributed by atoms with Crippen molar-refractivity contribution in [3.8, 4) is 0 Å². The molecule has 0 radical (unpaired) electrons. The molecule has 2 fully saturated rings. The summed E-state index contributed by atoms with van der Waals surface area (Å²) in [7, 11) is 0. The van der Waals surface area contributed by atoms with Gasteiger partial charge < -0.3 is 26.6 Å². The number of fused-ring (bicyclic) bond motifs is 1. The summed E-state index contributed by atoms with van der Waals surface area (Å²) in [6, 6.07) is -0.892. The first-order valence-electron chi connectivity index (χ1n) is 10.8. The molecule has 1 aliphatic carbocycles. The van der Waals surface area contributed by atoms with E-state index in [1.807, 2.05) is 6.08 Å². The minimum Gasteiger partial charge on any atom is -0.477 e. The summed E-state index contributed by atoms with van der Waals surface area (Å²) in [6.07, 6.45) is 6.15. The number of aliphatic carboxylic acids is 1. The molecular formula is C21H25N5O6S2. The fraction of sp³-hybridized carbons (Fsp3) is 0.476. The third-order valence-corrected chi connectivity index (χ3v) is 8.11. The number of β-lactam (4-membered cyclic amide) rings is 1. The Hall–Kier alpha value is -3.06. The molecule has 182 valence electrons. The molecule has 1 aromatic heterocycles. The zero-order valence-corrected chi connectivity index (χ0v) is 19.8. The average molecular weight is 508 g/mol. The maximum atomic E-state index is 13.2. The number of thiazole rings is 1. The Labute approximate surface area is 203 Å². The molecule has 13 heteroatoms. The van der Waals surface area contributed by atoms with Gasteiger partial charge in [0.15, 0.2) is 5.13 Å². The van der Waals surface area contributed by atoms with E-state index in [2.05, 4.69) is 10.3 Å². The number of hydrogen-bond donors (Lipinski definition) is 4. The van der Waals surface area contributed by atoms with E-state index in [4.69, 9.17) is 16.2 Å². The van der Waals surface area contributed by atoms with Crippen molar-refractivity contribution in [1.82, 2.24) is 15.2 Å². The number of carbonyl (C=O) groups is 4. The minimum absolute atomic E-state index is 0.211. The second-order valence-electron chi connectivity index (χ2n) is 8.30. The molecule has 3 amide bonds. The minimum atomic E-state index is -1.32. The lowest BCUT2D eigenvalue weighted by Gasteiger charge is -2.49. The molecule has 6 N–H and O–H groups in total. The molecule has 3 heterocycles. The van der Waals surface area contributed by atoms with Gasteiger partial charge in [0.05, 0.1) is 11.3 Å². The Morgan fingerprint density at radius 3 is 2.68 bits per heavy atom. The Kier molecular flexibility index (Phi) is 7.12. The molecule has 3 aliphatic rings. The van der Waals surface area contributed by atoms with Gasteiger partial charge in [-0.3, -0.25) is 14.5 Å². The van der Waals surface area contributed by atoms with Crippen molar-refractivity contribution in [3.63, 3.8) is 0 Å². The zero-order valence-electron chi connectivity index (χ0n) is 18.2. The van der Waals surface area contributed by atoms with Crippen LogP contribution in [-0.4, -0.2) is 62.6 Å². The first kappa shape index (κ1) is 24.1. The van der Waals surface area contributed by atoms with Crippen molar-refractivity contribution in [3.05, 3.63) is 28.4 Å². The van der Waals surface area contributed by atoms with Gasteiger partial charge in [0.2, 0.25) is 0 Å². The second kappa shape index (κ2) is 10.1. The number of aromatic nitrogens is 1. The number of anilines is 1. The van der Waals surface area contributed by atoms with Gasteiger partial charge in [-0.2, -0.15) is 0 Å². The van der Waals surface area contributed by atoms with Crippen LogP contribution >= 0.6 is 23.1 Å². The van der Waals surface area contributed by atoms with E-state index in [1.165, 1.54) is 35.9 Å². The number of rotatable bonds is 8. The number of nitrogens with zero attached hydrogens (tertiary/aromatic N) is 2. The van der Waals surface area contributed by atoms with E-state index in [0.717, 1.165) is 24.2 Å². The van der Waals surface area contributed by atoms with E-state index in [9.17, 15) is 24.3 Å². The summed E-state index contributed by atoms with van der Waals surface area (Å²) in [5, 5.41) is 13.9. The SMILES string of the molecule is NC(=O)OCC1=C(C(=O)O)N2C(=O)[C@@H](NC(=O)/C(=C\CC3CCCC3)c3csc(N)n3)[C@H]2SC1. The van der Waals surface area contributed by atoms with Gasteiger partial charge in [-0.25, -0.2) is 14.6 Å². The van der Waals surface area contributed by atoms with Crippen LogP contribution in [0.1, 0.15) is 37.8 Å². The van der Waals surface area contributed by atoms with Crippen LogP contribution in [0.15, 0.2) is 22.7 Å². The maximum absolute atomic E-state index is 13.2. The molecule has 0 aromatic carbocycles. The highest BCUT2D eigenvalue weighted by molar-refractivity contribution is 8.00. The topological polar surface area (TPSA) is 178 Å². The van der Waals surface area contributed by atoms with Crippen LogP contribution in [-0.2, 0) is 19.1 Å². The summed E-state index contributed by atoms with van der Waals surface area (Å²) < 4.78 is 4.72. The Balaban J connectivity index is 1.50. The van der Waals surface area contributed by atoms with Crippen LogP contribution in [0.3, 0.4) is 0 Å². The number of thioether (sulfide) groups is 1. The lowest BCUT2D eigenvalue weighted by molar-refractivity contribution is -0.150. The molecule has 2 aliphatic heterocycles.